The van der Waals surface area contributed by atoms with Crippen molar-refractivity contribution in [3.05, 3.63) is 24.3 Å². The van der Waals surface area contributed by atoms with Crippen LogP contribution in [0.4, 0.5) is 11.4 Å². The zero-order valence-corrected chi connectivity index (χ0v) is 8.32. The largest absolute Gasteiger partial charge is 0.399 e. The number of anilines is 2. The van der Waals surface area contributed by atoms with E-state index >= 15 is 0 Å². The van der Waals surface area contributed by atoms with Gasteiger partial charge in [0.25, 0.3) is 0 Å². The van der Waals surface area contributed by atoms with Crippen molar-refractivity contribution in [3.63, 3.8) is 0 Å². The van der Waals surface area contributed by atoms with Gasteiger partial charge < -0.3 is 11.1 Å². The summed E-state index contributed by atoms with van der Waals surface area (Å²) in [6.45, 7) is 0. The van der Waals surface area contributed by atoms with E-state index in [-0.39, 0.29) is 0 Å². The van der Waals surface area contributed by atoms with E-state index in [1.807, 2.05) is 31.3 Å². The molecular formula is C7H12N2O4S. The van der Waals surface area contributed by atoms with Gasteiger partial charge in [0.1, 0.15) is 0 Å². The van der Waals surface area contributed by atoms with Crippen LogP contribution in [0.5, 0.6) is 0 Å². The highest BCUT2D eigenvalue weighted by Crippen LogP contribution is 2.08. The van der Waals surface area contributed by atoms with Crippen LogP contribution in [0, 0.1) is 0 Å². The van der Waals surface area contributed by atoms with Gasteiger partial charge in [-0.2, -0.15) is 8.42 Å². The first-order valence-electron chi connectivity index (χ1n) is 3.56. The second kappa shape index (κ2) is 5.43. The van der Waals surface area contributed by atoms with Crippen LogP contribution >= 0.6 is 0 Å². The third kappa shape index (κ3) is 8.78. The third-order valence-corrected chi connectivity index (χ3v) is 1.20. The van der Waals surface area contributed by atoms with Crippen molar-refractivity contribution < 1.29 is 17.5 Å². The Hall–Kier alpha value is -1.31. The van der Waals surface area contributed by atoms with Crippen molar-refractivity contribution in [2.24, 2.45) is 0 Å². The van der Waals surface area contributed by atoms with Crippen LogP contribution in [0.15, 0.2) is 24.3 Å². The predicted molar refractivity (Wildman–Crippen MR) is 54.6 cm³/mol. The minimum atomic E-state index is -4.67. The zero-order valence-electron chi connectivity index (χ0n) is 7.51. The summed E-state index contributed by atoms with van der Waals surface area (Å²) in [5, 5.41) is 3.00. The van der Waals surface area contributed by atoms with E-state index in [2.05, 4.69) is 5.32 Å². The fourth-order valence-corrected chi connectivity index (χ4v) is 0.650. The molecule has 0 saturated carbocycles. The fraction of sp³-hybridized carbons (Fsp3) is 0.143. The first kappa shape index (κ1) is 12.7. The molecule has 0 amide bonds. The van der Waals surface area contributed by atoms with Crippen LogP contribution in [0.25, 0.3) is 0 Å². The van der Waals surface area contributed by atoms with Gasteiger partial charge in [-0.1, -0.05) is 0 Å². The SMILES string of the molecule is CNc1ccc(N)cc1.O=S(=O)(O)O. The zero-order chi connectivity index (χ0) is 11.2. The van der Waals surface area contributed by atoms with E-state index in [1.54, 1.807) is 0 Å². The first-order valence-corrected chi connectivity index (χ1v) is 4.96. The minimum Gasteiger partial charge on any atom is -0.399 e. The Kier molecular flexibility index (Phi) is 4.92. The Balaban J connectivity index is 0.000000292. The molecule has 0 bridgehead atoms. The maximum atomic E-state index is 8.74. The normalized spacial score (nSPS) is 9.93. The molecule has 0 aliphatic rings. The molecule has 0 saturated heterocycles. The Bertz CT molecular complexity index is 352. The highest BCUT2D eigenvalue weighted by molar-refractivity contribution is 7.79. The Morgan fingerprint density at radius 1 is 1.21 bits per heavy atom. The Morgan fingerprint density at radius 2 is 1.57 bits per heavy atom. The monoisotopic (exact) mass is 220 g/mol. The van der Waals surface area contributed by atoms with Gasteiger partial charge in [-0.15, -0.1) is 0 Å². The number of nitrogens with one attached hydrogen (secondary N) is 1. The summed E-state index contributed by atoms with van der Waals surface area (Å²) in [5.41, 5.74) is 7.34. The summed E-state index contributed by atoms with van der Waals surface area (Å²) >= 11 is 0. The van der Waals surface area contributed by atoms with Crippen LogP contribution in [0.1, 0.15) is 0 Å². The minimum absolute atomic E-state index is 0.800. The molecule has 80 valence electrons. The molecule has 0 fully saturated rings. The molecule has 0 spiro atoms. The summed E-state index contributed by atoms with van der Waals surface area (Å²) in [6, 6.07) is 7.61. The van der Waals surface area contributed by atoms with Crippen LogP contribution in [0.2, 0.25) is 0 Å². The second-order valence-electron chi connectivity index (χ2n) is 2.32. The van der Waals surface area contributed by atoms with E-state index in [4.69, 9.17) is 23.3 Å². The van der Waals surface area contributed by atoms with E-state index in [0.29, 0.717) is 0 Å². The fourth-order valence-electron chi connectivity index (χ4n) is 0.650. The van der Waals surface area contributed by atoms with Crippen LogP contribution < -0.4 is 11.1 Å². The number of hydrogen-bond acceptors (Lipinski definition) is 4. The summed E-state index contributed by atoms with van der Waals surface area (Å²) < 4.78 is 31.6. The van der Waals surface area contributed by atoms with Crippen LogP contribution in [0.3, 0.4) is 0 Å². The van der Waals surface area contributed by atoms with Crippen molar-refractivity contribution in [2.75, 3.05) is 18.1 Å². The molecule has 0 heterocycles. The third-order valence-electron chi connectivity index (χ3n) is 1.20. The van der Waals surface area contributed by atoms with Crippen molar-refractivity contribution in [3.8, 4) is 0 Å². The van der Waals surface area contributed by atoms with Crippen molar-refractivity contribution in [1.82, 2.24) is 0 Å². The van der Waals surface area contributed by atoms with Crippen molar-refractivity contribution in [2.45, 2.75) is 0 Å². The molecule has 0 aliphatic carbocycles. The van der Waals surface area contributed by atoms with Crippen molar-refractivity contribution >= 4 is 21.8 Å². The average Bonchev–Trinajstić information content (AvgIpc) is 2.03. The van der Waals surface area contributed by atoms with Gasteiger partial charge in [0.05, 0.1) is 0 Å². The van der Waals surface area contributed by atoms with Crippen LogP contribution in [-0.4, -0.2) is 24.6 Å². The highest BCUT2D eigenvalue weighted by atomic mass is 32.3. The molecule has 0 aromatic heterocycles. The van der Waals surface area contributed by atoms with Crippen molar-refractivity contribution in [1.29, 1.82) is 0 Å². The first-order chi connectivity index (χ1) is 6.33. The lowest BCUT2D eigenvalue weighted by atomic mass is 10.3. The lowest BCUT2D eigenvalue weighted by molar-refractivity contribution is 0.381. The molecule has 5 N–H and O–H groups in total. The second-order valence-corrected chi connectivity index (χ2v) is 3.22. The number of hydrogen-bond donors (Lipinski definition) is 4. The molecule has 1 rings (SSSR count). The Morgan fingerprint density at radius 3 is 1.86 bits per heavy atom. The summed E-state index contributed by atoms with van der Waals surface area (Å²) in [5.74, 6) is 0. The van der Waals surface area contributed by atoms with Gasteiger partial charge in [-0.05, 0) is 24.3 Å². The molecule has 1 aromatic rings. The van der Waals surface area contributed by atoms with E-state index < -0.39 is 10.4 Å². The maximum Gasteiger partial charge on any atom is 0.394 e. The molecule has 1 aromatic carbocycles. The topological polar surface area (TPSA) is 113 Å². The van der Waals surface area contributed by atoms with Gasteiger partial charge in [0, 0.05) is 18.4 Å². The van der Waals surface area contributed by atoms with E-state index in [0.717, 1.165) is 11.4 Å². The molecule has 0 aliphatic heterocycles. The summed E-state index contributed by atoms with van der Waals surface area (Å²) in [4.78, 5) is 0. The standard InChI is InChI=1S/C7H10N2.H2O4S/c1-9-7-4-2-6(8)3-5-7;1-5(2,3)4/h2-5,9H,8H2,1H3;(H2,1,2,3,4). The number of benzene rings is 1. The maximum absolute atomic E-state index is 8.74. The summed E-state index contributed by atoms with van der Waals surface area (Å²) in [7, 11) is -2.79. The van der Waals surface area contributed by atoms with Gasteiger partial charge in [0.15, 0.2) is 0 Å². The van der Waals surface area contributed by atoms with Gasteiger partial charge >= 0.3 is 10.4 Å². The molecule has 0 atom stereocenters. The molecule has 0 unspecified atom stereocenters. The lowest BCUT2D eigenvalue weighted by Crippen LogP contribution is -1.89. The molecule has 6 nitrogen and oxygen atoms in total. The molecule has 14 heavy (non-hydrogen) atoms. The summed E-state index contributed by atoms with van der Waals surface area (Å²) in [6.07, 6.45) is 0. The van der Waals surface area contributed by atoms with E-state index in [9.17, 15) is 0 Å². The lowest BCUT2D eigenvalue weighted by Gasteiger charge is -1.97. The van der Waals surface area contributed by atoms with Gasteiger partial charge in [0.2, 0.25) is 0 Å². The molecule has 0 radical (unpaired) electrons. The number of nitrogens with two attached hydrogens (primary N) is 1. The molecular weight excluding hydrogens is 208 g/mol. The number of rotatable bonds is 1. The Labute approximate surface area is 82.3 Å². The van der Waals surface area contributed by atoms with Gasteiger partial charge in [-0.25, -0.2) is 0 Å². The highest BCUT2D eigenvalue weighted by Gasteiger charge is 1.85. The van der Waals surface area contributed by atoms with Crippen LogP contribution in [-0.2, 0) is 10.4 Å². The van der Waals surface area contributed by atoms with Gasteiger partial charge in [-0.3, -0.25) is 9.11 Å². The quantitative estimate of drug-likeness (QED) is 0.408. The molecule has 7 heteroatoms. The smallest absolute Gasteiger partial charge is 0.394 e. The average molecular weight is 220 g/mol. The predicted octanol–water partition coefficient (Wildman–Crippen LogP) is 0.658. The van der Waals surface area contributed by atoms with E-state index in [1.165, 1.54) is 0 Å². The number of nitrogen functional groups attached to an aromatic ring is 1.